The molecule has 19 heavy (non-hydrogen) atoms. The van der Waals surface area contributed by atoms with Crippen LogP contribution in [0.3, 0.4) is 0 Å². The number of hydrogen-bond acceptors (Lipinski definition) is 3. The van der Waals surface area contributed by atoms with Crippen molar-refractivity contribution < 1.29 is 22.6 Å². The summed E-state index contributed by atoms with van der Waals surface area (Å²) in [7, 11) is 1.63. The van der Waals surface area contributed by atoms with Gasteiger partial charge in [0.2, 0.25) is 0 Å². The molecule has 1 N–H and O–H groups in total. The predicted octanol–water partition coefficient (Wildman–Crippen LogP) is 3.17. The number of anilines is 1. The lowest BCUT2D eigenvalue weighted by Crippen LogP contribution is -2.11. The normalized spacial score (nSPS) is 11.6. The summed E-state index contributed by atoms with van der Waals surface area (Å²) in [5, 5.41) is 2.99. The molecule has 1 aromatic rings. The smallest absolute Gasteiger partial charge is 0.385 e. The molecule has 1 rings (SSSR count). The van der Waals surface area contributed by atoms with Gasteiger partial charge in [0, 0.05) is 32.6 Å². The van der Waals surface area contributed by atoms with Gasteiger partial charge in [-0.3, -0.25) is 0 Å². The van der Waals surface area contributed by atoms with Crippen LogP contribution in [0.25, 0.3) is 0 Å². The van der Waals surface area contributed by atoms with Gasteiger partial charge in [-0.05, 0) is 30.7 Å². The van der Waals surface area contributed by atoms with Crippen molar-refractivity contribution >= 4 is 5.69 Å². The summed E-state index contributed by atoms with van der Waals surface area (Å²) in [6, 6.07) is 4.94. The van der Waals surface area contributed by atoms with Crippen molar-refractivity contribution in [3.8, 4) is 0 Å². The van der Waals surface area contributed by atoms with E-state index in [-0.39, 0.29) is 0 Å². The minimum Gasteiger partial charge on any atom is -0.385 e. The Morgan fingerprint density at radius 2 is 1.74 bits per heavy atom. The van der Waals surface area contributed by atoms with Gasteiger partial charge in [-0.1, -0.05) is 0 Å². The minimum atomic E-state index is -4.29. The largest absolute Gasteiger partial charge is 0.416 e. The Kier molecular flexibility index (Phi) is 6.66. The monoisotopic (exact) mass is 277 g/mol. The Bertz CT molecular complexity index is 352. The number of halogens is 3. The van der Waals surface area contributed by atoms with Crippen LogP contribution in [-0.4, -0.2) is 33.5 Å². The lowest BCUT2D eigenvalue weighted by Gasteiger charge is -2.09. The van der Waals surface area contributed by atoms with Crippen molar-refractivity contribution in [3.63, 3.8) is 0 Å². The highest BCUT2D eigenvalue weighted by molar-refractivity contribution is 5.45. The molecule has 3 nitrogen and oxygen atoms in total. The SMILES string of the molecule is COCCCOCCNc1ccc(C(F)(F)F)cc1. The first kappa shape index (κ1) is 15.8. The third-order valence-corrected chi connectivity index (χ3v) is 2.42. The van der Waals surface area contributed by atoms with E-state index >= 15 is 0 Å². The first-order valence-corrected chi connectivity index (χ1v) is 6.02. The Morgan fingerprint density at radius 1 is 1.05 bits per heavy atom. The van der Waals surface area contributed by atoms with Gasteiger partial charge in [-0.25, -0.2) is 0 Å². The van der Waals surface area contributed by atoms with Crippen LogP contribution in [0.1, 0.15) is 12.0 Å². The molecule has 0 aliphatic carbocycles. The molecule has 0 atom stereocenters. The van der Waals surface area contributed by atoms with Gasteiger partial charge in [-0.15, -0.1) is 0 Å². The van der Waals surface area contributed by atoms with Crippen molar-refractivity contribution in [2.24, 2.45) is 0 Å². The van der Waals surface area contributed by atoms with Crippen LogP contribution in [0.5, 0.6) is 0 Å². The molecule has 0 aliphatic heterocycles. The van der Waals surface area contributed by atoms with E-state index < -0.39 is 11.7 Å². The zero-order valence-corrected chi connectivity index (χ0v) is 10.8. The number of methoxy groups -OCH3 is 1. The fourth-order valence-corrected chi connectivity index (χ4v) is 1.45. The molecule has 1 aromatic carbocycles. The highest BCUT2D eigenvalue weighted by atomic mass is 19.4. The van der Waals surface area contributed by atoms with E-state index in [9.17, 15) is 13.2 Å². The Hall–Kier alpha value is -1.27. The molecule has 6 heteroatoms. The molecule has 0 saturated heterocycles. The molecule has 0 bridgehead atoms. The third-order valence-electron chi connectivity index (χ3n) is 2.42. The molecular weight excluding hydrogens is 259 g/mol. The zero-order valence-electron chi connectivity index (χ0n) is 10.8. The lowest BCUT2D eigenvalue weighted by molar-refractivity contribution is -0.137. The average Bonchev–Trinajstić information content (AvgIpc) is 2.37. The van der Waals surface area contributed by atoms with Gasteiger partial charge in [0.15, 0.2) is 0 Å². The quantitative estimate of drug-likeness (QED) is 0.740. The molecule has 0 saturated carbocycles. The highest BCUT2D eigenvalue weighted by Crippen LogP contribution is 2.29. The van der Waals surface area contributed by atoms with Crippen molar-refractivity contribution in [2.45, 2.75) is 12.6 Å². The second-order valence-corrected chi connectivity index (χ2v) is 3.96. The van der Waals surface area contributed by atoms with E-state index in [1.165, 1.54) is 12.1 Å². The molecular formula is C13H18F3NO2. The second kappa shape index (κ2) is 8.01. The van der Waals surface area contributed by atoms with Crippen LogP contribution in [0, 0.1) is 0 Å². The molecule has 0 amide bonds. The predicted molar refractivity (Wildman–Crippen MR) is 67.2 cm³/mol. The van der Waals surface area contributed by atoms with Gasteiger partial charge in [0.05, 0.1) is 12.2 Å². The van der Waals surface area contributed by atoms with Crippen LogP contribution in [0.15, 0.2) is 24.3 Å². The van der Waals surface area contributed by atoms with E-state index in [1.807, 2.05) is 0 Å². The minimum absolute atomic E-state index is 0.505. The average molecular weight is 277 g/mol. The maximum absolute atomic E-state index is 12.3. The van der Waals surface area contributed by atoms with E-state index in [0.29, 0.717) is 32.1 Å². The van der Waals surface area contributed by atoms with Gasteiger partial charge in [-0.2, -0.15) is 13.2 Å². The van der Waals surface area contributed by atoms with Gasteiger partial charge < -0.3 is 14.8 Å². The third kappa shape index (κ3) is 6.45. The standard InChI is InChI=1S/C13H18F3NO2/c1-18-8-2-9-19-10-7-17-12-5-3-11(4-6-12)13(14,15)16/h3-6,17H,2,7-10H2,1H3. The van der Waals surface area contributed by atoms with Gasteiger partial charge >= 0.3 is 6.18 Å². The second-order valence-electron chi connectivity index (χ2n) is 3.96. The van der Waals surface area contributed by atoms with E-state index in [0.717, 1.165) is 18.6 Å². The van der Waals surface area contributed by atoms with Crippen molar-refractivity contribution in [3.05, 3.63) is 29.8 Å². The summed E-state index contributed by atoms with van der Waals surface area (Å²) in [6.45, 7) is 2.33. The van der Waals surface area contributed by atoms with Gasteiger partial charge in [0.1, 0.15) is 0 Å². The summed E-state index contributed by atoms with van der Waals surface area (Å²) < 4.78 is 47.2. The summed E-state index contributed by atoms with van der Waals surface area (Å²) in [4.78, 5) is 0. The maximum Gasteiger partial charge on any atom is 0.416 e. The number of rotatable bonds is 8. The van der Waals surface area contributed by atoms with Crippen LogP contribution >= 0.6 is 0 Å². The first-order chi connectivity index (χ1) is 9.04. The number of hydrogen-bond donors (Lipinski definition) is 1. The molecule has 0 aromatic heterocycles. The number of benzene rings is 1. The fraction of sp³-hybridized carbons (Fsp3) is 0.538. The van der Waals surface area contributed by atoms with E-state index in [4.69, 9.17) is 9.47 Å². The topological polar surface area (TPSA) is 30.5 Å². The van der Waals surface area contributed by atoms with Crippen molar-refractivity contribution in [1.82, 2.24) is 0 Å². The Labute approximate surface area is 110 Å². The zero-order chi connectivity index (χ0) is 14.1. The van der Waals surface area contributed by atoms with E-state index in [2.05, 4.69) is 5.32 Å². The molecule has 0 heterocycles. The number of ether oxygens (including phenoxy) is 2. The maximum atomic E-state index is 12.3. The summed E-state index contributed by atoms with van der Waals surface area (Å²) >= 11 is 0. The highest BCUT2D eigenvalue weighted by Gasteiger charge is 2.29. The lowest BCUT2D eigenvalue weighted by atomic mass is 10.2. The number of alkyl halides is 3. The Morgan fingerprint density at radius 3 is 2.32 bits per heavy atom. The van der Waals surface area contributed by atoms with Crippen LogP contribution in [0.4, 0.5) is 18.9 Å². The van der Waals surface area contributed by atoms with E-state index in [1.54, 1.807) is 7.11 Å². The Balaban J connectivity index is 2.20. The molecule has 0 unspecified atom stereocenters. The van der Waals surface area contributed by atoms with Crippen molar-refractivity contribution in [2.75, 3.05) is 38.8 Å². The summed E-state index contributed by atoms with van der Waals surface area (Å²) in [6.07, 6.45) is -3.46. The fourth-order valence-electron chi connectivity index (χ4n) is 1.45. The molecule has 0 aliphatic rings. The molecule has 108 valence electrons. The summed E-state index contributed by atoms with van der Waals surface area (Å²) in [5.41, 5.74) is 0.00218. The van der Waals surface area contributed by atoms with Crippen LogP contribution < -0.4 is 5.32 Å². The molecule has 0 fully saturated rings. The summed E-state index contributed by atoms with van der Waals surface area (Å²) in [5.74, 6) is 0. The molecule has 0 radical (unpaired) electrons. The molecule has 0 spiro atoms. The van der Waals surface area contributed by atoms with Crippen LogP contribution in [0.2, 0.25) is 0 Å². The van der Waals surface area contributed by atoms with Gasteiger partial charge in [0.25, 0.3) is 0 Å². The first-order valence-electron chi connectivity index (χ1n) is 6.02. The van der Waals surface area contributed by atoms with Crippen LogP contribution in [-0.2, 0) is 15.7 Å². The number of nitrogens with one attached hydrogen (secondary N) is 1. The van der Waals surface area contributed by atoms with Crippen molar-refractivity contribution in [1.29, 1.82) is 0 Å².